The average molecular weight is 398 g/mol. The third kappa shape index (κ3) is 4.34. The molecule has 3 heterocycles. The van der Waals surface area contributed by atoms with Crippen molar-refractivity contribution >= 4 is 17.1 Å². The largest absolute Gasteiger partial charge is 0.481 e. The Labute approximate surface area is 167 Å². The lowest BCUT2D eigenvalue weighted by Gasteiger charge is -2.14. The fourth-order valence-electron chi connectivity index (χ4n) is 3.47. The van der Waals surface area contributed by atoms with E-state index in [1.165, 1.54) is 18.2 Å². The van der Waals surface area contributed by atoms with Crippen molar-refractivity contribution in [3.8, 4) is 5.75 Å². The Hall–Kier alpha value is -3.07. The first-order valence-electron chi connectivity index (χ1n) is 9.70. The normalized spacial score (nSPS) is 17.4. The van der Waals surface area contributed by atoms with Crippen LogP contribution in [-0.2, 0) is 11.3 Å². The highest BCUT2D eigenvalue weighted by Crippen LogP contribution is 2.26. The van der Waals surface area contributed by atoms with Gasteiger partial charge in [0.15, 0.2) is 11.8 Å². The summed E-state index contributed by atoms with van der Waals surface area (Å²) in [5, 5.41) is 10.9. The van der Waals surface area contributed by atoms with Crippen molar-refractivity contribution in [2.24, 2.45) is 0 Å². The number of rotatable bonds is 7. The van der Waals surface area contributed by atoms with Crippen LogP contribution in [0.4, 0.5) is 4.39 Å². The molecule has 0 saturated carbocycles. The summed E-state index contributed by atoms with van der Waals surface area (Å²) in [7, 11) is 0. The number of carbonyl (C=O) groups is 1. The summed E-state index contributed by atoms with van der Waals surface area (Å²) in [6, 6.07) is 5.72. The molecule has 2 atom stereocenters. The van der Waals surface area contributed by atoms with Gasteiger partial charge in [-0.15, -0.1) is 0 Å². The standard InChI is InChI=1S/C20H23FN6O2/c1-13(29-16-4-2-3-15(21)11-16)20(28)25-9-10-27-19-18(23-7-8-24-19)17(26-27)14-5-6-22-12-14/h2-4,7-8,11,13-14,22H,5-6,9-10,12H2,1H3,(H,25,28). The van der Waals surface area contributed by atoms with Crippen molar-refractivity contribution in [2.45, 2.75) is 31.9 Å². The number of carbonyl (C=O) groups excluding carboxylic acids is 1. The number of aromatic nitrogens is 4. The number of nitrogens with zero attached hydrogens (tertiary/aromatic N) is 4. The maximum atomic E-state index is 13.2. The smallest absolute Gasteiger partial charge is 0.260 e. The lowest BCUT2D eigenvalue weighted by atomic mass is 10.0. The van der Waals surface area contributed by atoms with E-state index in [-0.39, 0.29) is 5.91 Å². The molecule has 9 heteroatoms. The second-order valence-corrected chi connectivity index (χ2v) is 7.04. The summed E-state index contributed by atoms with van der Waals surface area (Å²) in [6.45, 7) is 4.31. The molecular formula is C20H23FN6O2. The van der Waals surface area contributed by atoms with Crippen LogP contribution in [0.1, 0.15) is 25.0 Å². The van der Waals surface area contributed by atoms with Crippen LogP contribution in [0.25, 0.3) is 11.2 Å². The van der Waals surface area contributed by atoms with Crippen LogP contribution in [-0.4, -0.2) is 51.4 Å². The van der Waals surface area contributed by atoms with Gasteiger partial charge < -0.3 is 15.4 Å². The van der Waals surface area contributed by atoms with Gasteiger partial charge in [0.25, 0.3) is 5.91 Å². The molecule has 2 N–H and O–H groups in total. The first-order valence-corrected chi connectivity index (χ1v) is 9.70. The van der Waals surface area contributed by atoms with Crippen LogP contribution in [0.5, 0.6) is 5.75 Å². The molecule has 29 heavy (non-hydrogen) atoms. The fraction of sp³-hybridized carbons (Fsp3) is 0.400. The van der Waals surface area contributed by atoms with Crippen LogP contribution in [0.2, 0.25) is 0 Å². The van der Waals surface area contributed by atoms with Gasteiger partial charge in [0.2, 0.25) is 0 Å². The predicted molar refractivity (Wildman–Crippen MR) is 105 cm³/mol. The Kier molecular flexibility index (Phi) is 5.66. The zero-order chi connectivity index (χ0) is 20.2. The third-order valence-corrected chi connectivity index (χ3v) is 4.94. The monoisotopic (exact) mass is 398 g/mol. The highest BCUT2D eigenvalue weighted by Gasteiger charge is 2.24. The molecule has 1 aromatic carbocycles. The first-order chi connectivity index (χ1) is 14.1. The molecule has 4 rings (SSSR count). The number of halogens is 1. The highest BCUT2D eigenvalue weighted by atomic mass is 19.1. The molecule has 0 spiro atoms. The Balaban J connectivity index is 1.37. The van der Waals surface area contributed by atoms with E-state index in [1.54, 1.807) is 30.1 Å². The van der Waals surface area contributed by atoms with Crippen LogP contribution >= 0.6 is 0 Å². The van der Waals surface area contributed by atoms with Crippen LogP contribution in [0, 0.1) is 5.82 Å². The van der Waals surface area contributed by atoms with E-state index in [0.717, 1.165) is 30.7 Å². The SMILES string of the molecule is CC(Oc1cccc(F)c1)C(=O)NCCn1nc(C2CCNC2)c2nccnc21. The molecule has 1 amide bonds. The summed E-state index contributed by atoms with van der Waals surface area (Å²) < 4.78 is 20.5. The Bertz CT molecular complexity index is 1000. The Morgan fingerprint density at radius 1 is 1.41 bits per heavy atom. The number of hydrogen-bond donors (Lipinski definition) is 2. The summed E-state index contributed by atoms with van der Waals surface area (Å²) >= 11 is 0. The number of nitrogens with one attached hydrogen (secondary N) is 2. The van der Waals surface area contributed by atoms with Crippen molar-refractivity contribution in [1.29, 1.82) is 0 Å². The number of benzene rings is 1. The molecule has 8 nitrogen and oxygen atoms in total. The topological polar surface area (TPSA) is 94.0 Å². The molecule has 1 aliphatic rings. The molecular weight excluding hydrogens is 375 g/mol. The minimum absolute atomic E-state index is 0.281. The van der Waals surface area contributed by atoms with E-state index in [2.05, 4.69) is 20.6 Å². The summed E-state index contributed by atoms with van der Waals surface area (Å²) in [5.41, 5.74) is 2.48. The van der Waals surface area contributed by atoms with Gasteiger partial charge in [0, 0.05) is 37.5 Å². The molecule has 2 unspecified atom stereocenters. The summed E-state index contributed by atoms with van der Waals surface area (Å²) in [5.74, 6) is -0.0485. The average Bonchev–Trinajstić information content (AvgIpc) is 3.36. The van der Waals surface area contributed by atoms with Crippen LogP contribution in [0.15, 0.2) is 36.7 Å². The summed E-state index contributed by atoms with van der Waals surface area (Å²) in [6.07, 6.45) is 3.60. The zero-order valence-electron chi connectivity index (χ0n) is 16.1. The predicted octanol–water partition coefficient (Wildman–Crippen LogP) is 1.63. The second kappa shape index (κ2) is 8.52. The van der Waals surface area contributed by atoms with E-state index in [9.17, 15) is 9.18 Å². The minimum atomic E-state index is -0.744. The fourth-order valence-corrected chi connectivity index (χ4v) is 3.47. The van der Waals surface area contributed by atoms with E-state index in [0.29, 0.717) is 30.4 Å². The molecule has 152 valence electrons. The van der Waals surface area contributed by atoms with Crippen molar-refractivity contribution < 1.29 is 13.9 Å². The second-order valence-electron chi connectivity index (χ2n) is 7.04. The summed E-state index contributed by atoms with van der Waals surface area (Å²) in [4.78, 5) is 21.2. The van der Waals surface area contributed by atoms with Crippen molar-refractivity contribution in [1.82, 2.24) is 30.4 Å². The van der Waals surface area contributed by atoms with Crippen molar-refractivity contribution in [2.75, 3.05) is 19.6 Å². The van der Waals surface area contributed by atoms with E-state index < -0.39 is 11.9 Å². The van der Waals surface area contributed by atoms with Gasteiger partial charge in [-0.1, -0.05) is 6.07 Å². The number of ether oxygens (including phenoxy) is 1. The van der Waals surface area contributed by atoms with Crippen molar-refractivity contribution in [3.63, 3.8) is 0 Å². The van der Waals surface area contributed by atoms with Gasteiger partial charge in [-0.3, -0.25) is 4.79 Å². The molecule has 1 fully saturated rings. The number of hydrogen-bond acceptors (Lipinski definition) is 6. The van der Waals surface area contributed by atoms with Crippen LogP contribution in [0.3, 0.4) is 0 Å². The van der Waals surface area contributed by atoms with Gasteiger partial charge in [-0.2, -0.15) is 5.10 Å². The quantitative estimate of drug-likeness (QED) is 0.628. The molecule has 1 aliphatic heterocycles. The first kappa shape index (κ1) is 19.3. The van der Waals surface area contributed by atoms with E-state index >= 15 is 0 Å². The molecule has 0 bridgehead atoms. The maximum Gasteiger partial charge on any atom is 0.260 e. The molecule has 1 saturated heterocycles. The van der Waals surface area contributed by atoms with Crippen LogP contribution < -0.4 is 15.4 Å². The Morgan fingerprint density at radius 2 is 2.28 bits per heavy atom. The zero-order valence-corrected chi connectivity index (χ0v) is 16.1. The van der Waals surface area contributed by atoms with Crippen molar-refractivity contribution in [3.05, 3.63) is 48.2 Å². The lowest BCUT2D eigenvalue weighted by molar-refractivity contribution is -0.127. The maximum absolute atomic E-state index is 13.2. The number of amides is 1. The minimum Gasteiger partial charge on any atom is -0.481 e. The van der Waals surface area contributed by atoms with E-state index in [4.69, 9.17) is 9.84 Å². The van der Waals surface area contributed by atoms with E-state index in [1.807, 2.05) is 0 Å². The van der Waals surface area contributed by atoms with Gasteiger partial charge in [-0.05, 0) is 32.0 Å². The third-order valence-electron chi connectivity index (χ3n) is 4.94. The Morgan fingerprint density at radius 3 is 3.07 bits per heavy atom. The van der Waals surface area contributed by atoms with Gasteiger partial charge in [-0.25, -0.2) is 19.0 Å². The lowest BCUT2D eigenvalue weighted by Crippen LogP contribution is -2.38. The molecule has 0 radical (unpaired) electrons. The molecule has 3 aromatic rings. The molecule has 0 aliphatic carbocycles. The van der Waals surface area contributed by atoms with Gasteiger partial charge >= 0.3 is 0 Å². The molecule has 2 aromatic heterocycles. The number of fused-ring (bicyclic) bond motifs is 1. The van der Waals surface area contributed by atoms with Gasteiger partial charge in [0.1, 0.15) is 17.1 Å². The highest BCUT2D eigenvalue weighted by molar-refractivity contribution is 5.80. The van der Waals surface area contributed by atoms with Gasteiger partial charge in [0.05, 0.1) is 12.2 Å².